The van der Waals surface area contributed by atoms with Gasteiger partial charge in [0.25, 0.3) is 0 Å². The fourth-order valence-corrected chi connectivity index (χ4v) is 5.20. The van der Waals surface area contributed by atoms with Crippen LogP contribution in [-0.2, 0) is 19.1 Å². The molecule has 226 valence electrons. The number of carbonyl (C=O) groups is 3. The number of thioether (sulfide) groups is 1. The summed E-state index contributed by atoms with van der Waals surface area (Å²) < 4.78 is 18.6. The molecule has 0 aliphatic rings. The van der Waals surface area contributed by atoms with Gasteiger partial charge in [-0.05, 0) is 74.2 Å². The number of esters is 1. The lowest BCUT2D eigenvalue weighted by atomic mass is 9.84. The third kappa shape index (κ3) is 10.7. The molecule has 0 fully saturated rings. The Morgan fingerprint density at radius 1 is 1.10 bits per heavy atom. The Morgan fingerprint density at radius 2 is 1.76 bits per heavy atom. The molecule has 0 saturated heterocycles. The fraction of sp³-hybridized carbons (Fsp3) is 0.483. The first kappa shape index (κ1) is 34.7. The van der Waals surface area contributed by atoms with Gasteiger partial charge in [-0.2, -0.15) is 11.8 Å². The molecule has 0 saturated carbocycles. The van der Waals surface area contributed by atoms with Crippen molar-refractivity contribution >= 4 is 64.0 Å². The Balaban J connectivity index is 2.44. The number of carbonyl (C=O) groups excluding carboxylic acids is 3. The van der Waals surface area contributed by atoms with Crippen LogP contribution in [0.25, 0.3) is 0 Å². The Morgan fingerprint density at radius 3 is 2.34 bits per heavy atom. The topological polar surface area (TPSA) is 114 Å². The van der Waals surface area contributed by atoms with E-state index in [1.165, 1.54) is 36.0 Å². The Labute approximate surface area is 255 Å². The van der Waals surface area contributed by atoms with E-state index in [-0.39, 0.29) is 12.4 Å². The number of alkyl halides is 2. The zero-order chi connectivity index (χ0) is 30.4. The van der Waals surface area contributed by atoms with Gasteiger partial charge < -0.3 is 26.0 Å². The van der Waals surface area contributed by atoms with Crippen molar-refractivity contribution in [2.45, 2.75) is 44.3 Å². The number of hydrogen-bond acceptors (Lipinski definition) is 8. The summed E-state index contributed by atoms with van der Waals surface area (Å²) in [4.78, 5) is 41.9. The van der Waals surface area contributed by atoms with Crippen LogP contribution < -0.4 is 21.3 Å². The lowest BCUT2D eigenvalue weighted by Gasteiger charge is -2.29. The van der Waals surface area contributed by atoms with Gasteiger partial charge in [0.2, 0.25) is 5.91 Å². The molecular formula is C29H39Cl2FN4O4S. The first-order chi connectivity index (χ1) is 19.7. The van der Waals surface area contributed by atoms with Crippen LogP contribution >= 0.6 is 35.0 Å². The van der Waals surface area contributed by atoms with Crippen LogP contribution in [0.5, 0.6) is 0 Å². The fourth-order valence-electron chi connectivity index (χ4n) is 4.32. The summed E-state index contributed by atoms with van der Waals surface area (Å²) in [6, 6.07) is 9.79. The van der Waals surface area contributed by atoms with Crippen molar-refractivity contribution in [1.29, 1.82) is 0 Å². The molecule has 0 radical (unpaired) electrons. The van der Waals surface area contributed by atoms with Gasteiger partial charge in [0.15, 0.2) is 5.78 Å². The van der Waals surface area contributed by atoms with E-state index in [0.717, 1.165) is 5.69 Å². The summed E-state index contributed by atoms with van der Waals surface area (Å²) in [6.45, 7) is 4.56. The van der Waals surface area contributed by atoms with Crippen LogP contribution in [0.1, 0.15) is 31.7 Å². The molecule has 0 aliphatic carbocycles. The number of hydrogen-bond donors (Lipinski definition) is 3. The van der Waals surface area contributed by atoms with Crippen LogP contribution in [-0.4, -0.2) is 79.3 Å². The quantitative estimate of drug-likeness (QED) is 0.165. The second kappa shape index (κ2) is 18.1. The van der Waals surface area contributed by atoms with E-state index in [4.69, 9.17) is 33.7 Å². The van der Waals surface area contributed by atoms with Gasteiger partial charge in [0, 0.05) is 36.2 Å². The molecule has 2 rings (SSSR count). The average molecular weight is 630 g/mol. The molecule has 12 heteroatoms. The van der Waals surface area contributed by atoms with Crippen molar-refractivity contribution in [3.8, 4) is 0 Å². The Bertz CT molecular complexity index is 1120. The smallest absolute Gasteiger partial charge is 0.328 e. The first-order valence-corrected chi connectivity index (χ1v) is 15.9. The number of rotatable bonds is 18. The van der Waals surface area contributed by atoms with E-state index in [9.17, 15) is 18.8 Å². The Kier molecular flexibility index (Phi) is 15.3. The molecule has 8 nitrogen and oxygen atoms in total. The van der Waals surface area contributed by atoms with Crippen LogP contribution in [0.2, 0.25) is 0 Å². The van der Waals surface area contributed by atoms with E-state index < -0.39 is 41.7 Å². The number of anilines is 2. The maximum absolute atomic E-state index is 13.9. The molecule has 41 heavy (non-hydrogen) atoms. The molecule has 1 unspecified atom stereocenters. The van der Waals surface area contributed by atoms with E-state index >= 15 is 0 Å². The van der Waals surface area contributed by atoms with Crippen molar-refractivity contribution in [3.05, 3.63) is 59.9 Å². The summed E-state index contributed by atoms with van der Waals surface area (Å²) in [5, 5.41) is 5.77. The standard InChI is InChI=1S/C29H39Cl2FN4O4S/c1-4-40-29(39)24(12-17-41-3)35-28(38)26(33)25(27(37)19(2)34-22-10-8-21(32)9-11-22)20-6-5-7-23(18-20)36(15-13-30)16-14-31/h5-11,18-19,24-26,34H,4,12-17,33H2,1-3H3,(H,35,38)/t19-,24-,25?,26-/m0/s1. The van der Waals surface area contributed by atoms with Crippen LogP contribution in [0.4, 0.5) is 15.8 Å². The number of nitrogens with two attached hydrogens (primary N) is 1. The highest BCUT2D eigenvalue weighted by atomic mass is 35.5. The van der Waals surface area contributed by atoms with Crippen molar-refractivity contribution in [2.24, 2.45) is 5.73 Å². The number of ketones is 1. The van der Waals surface area contributed by atoms with Crippen LogP contribution in [0.15, 0.2) is 48.5 Å². The number of nitrogens with zero attached hydrogens (tertiary/aromatic N) is 1. The molecule has 2 aromatic carbocycles. The van der Waals surface area contributed by atoms with Gasteiger partial charge in [-0.25, -0.2) is 9.18 Å². The monoisotopic (exact) mass is 628 g/mol. The van der Waals surface area contributed by atoms with Crippen molar-refractivity contribution < 1.29 is 23.5 Å². The molecule has 4 N–H and O–H groups in total. The third-order valence-corrected chi connectivity index (χ3v) is 7.41. The molecule has 2 aromatic rings. The predicted octanol–water partition coefficient (Wildman–Crippen LogP) is 4.39. The first-order valence-electron chi connectivity index (χ1n) is 13.4. The van der Waals surface area contributed by atoms with Crippen molar-refractivity contribution in [1.82, 2.24) is 5.32 Å². The summed E-state index contributed by atoms with van der Waals surface area (Å²) in [7, 11) is 0. The van der Waals surface area contributed by atoms with Gasteiger partial charge in [-0.1, -0.05) is 12.1 Å². The number of benzene rings is 2. The minimum absolute atomic E-state index is 0.165. The molecule has 0 aliphatic heterocycles. The number of ether oxygens (including phenoxy) is 1. The lowest BCUT2D eigenvalue weighted by molar-refractivity contribution is -0.147. The van der Waals surface area contributed by atoms with E-state index in [1.807, 2.05) is 17.2 Å². The zero-order valence-electron chi connectivity index (χ0n) is 23.6. The molecule has 1 amide bonds. The summed E-state index contributed by atoms with van der Waals surface area (Å²) >= 11 is 13.5. The van der Waals surface area contributed by atoms with Crippen molar-refractivity contribution in [2.75, 3.05) is 53.7 Å². The number of amides is 1. The molecular weight excluding hydrogens is 590 g/mol. The number of Topliss-reactive ketones (excluding diaryl/α,β-unsaturated/α-hetero) is 1. The average Bonchev–Trinajstić information content (AvgIpc) is 2.96. The molecule has 0 bridgehead atoms. The molecule has 0 spiro atoms. The van der Waals surface area contributed by atoms with Gasteiger partial charge >= 0.3 is 5.97 Å². The molecule has 0 heterocycles. The minimum atomic E-state index is -1.32. The maximum Gasteiger partial charge on any atom is 0.328 e. The largest absolute Gasteiger partial charge is 0.464 e. The highest BCUT2D eigenvalue weighted by Gasteiger charge is 2.36. The predicted molar refractivity (Wildman–Crippen MR) is 167 cm³/mol. The van der Waals surface area contributed by atoms with Crippen molar-refractivity contribution in [3.63, 3.8) is 0 Å². The van der Waals surface area contributed by atoms with Crippen LogP contribution in [0, 0.1) is 5.82 Å². The van der Waals surface area contributed by atoms with Gasteiger partial charge in [-0.15, -0.1) is 23.2 Å². The highest BCUT2D eigenvalue weighted by molar-refractivity contribution is 7.98. The SMILES string of the molecule is CCOC(=O)[C@H](CCSC)NC(=O)[C@@H](N)C(C(=O)[C@H](C)Nc1ccc(F)cc1)c1cccc(N(CCCl)CCCl)c1. The summed E-state index contributed by atoms with van der Waals surface area (Å²) in [5.41, 5.74) is 8.35. The van der Waals surface area contributed by atoms with E-state index in [1.54, 1.807) is 32.0 Å². The number of halogens is 3. The summed E-state index contributed by atoms with van der Waals surface area (Å²) in [6.07, 6.45) is 2.24. The zero-order valence-corrected chi connectivity index (χ0v) is 25.9. The van der Waals surface area contributed by atoms with Gasteiger partial charge in [-0.3, -0.25) is 9.59 Å². The maximum atomic E-state index is 13.9. The van der Waals surface area contributed by atoms with Gasteiger partial charge in [0.05, 0.1) is 24.6 Å². The minimum Gasteiger partial charge on any atom is -0.464 e. The Hall–Kier alpha value is -2.53. The number of nitrogens with one attached hydrogen (secondary N) is 2. The second-order valence-corrected chi connectivity index (χ2v) is 11.1. The van der Waals surface area contributed by atoms with E-state index in [0.29, 0.717) is 48.3 Å². The van der Waals surface area contributed by atoms with Crippen LogP contribution in [0.3, 0.4) is 0 Å². The second-order valence-electron chi connectivity index (χ2n) is 9.33. The lowest BCUT2D eigenvalue weighted by Crippen LogP contribution is -2.53. The highest BCUT2D eigenvalue weighted by Crippen LogP contribution is 2.27. The van der Waals surface area contributed by atoms with E-state index in [2.05, 4.69) is 10.6 Å². The molecule has 4 atom stereocenters. The normalized spacial score (nSPS) is 13.9. The van der Waals surface area contributed by atoms with Gasteiger partial charge in [0.1, 0.15) is 11.9 Å². The third-order valence-electron chi connectivity index (χ3n) is 6.42. The molecule has 0 aromatic heterocycles. The summed E-state index contributed by atoms with van der Waals surface area (Å²) in [5.74, 6) is -1.69.